The van der Waals surface area contributed by atoms with Gasteiger partial charge in [-0.1, -0.05) is 74.6 Å². The topological polar surface area (TPSA) is 60.4 Å². The molecule has 0 unspecified atom stereocenters. The van der Waals surface area contributed by atoms with Crippen molar-refractivity contribution >= 4 is 17.3 Å². The second-order valence-corrected chi connectivity index (χ2v) is 11.1. The van der Waals surface area contributed by atoms with Crippen LogP contribution in [-0.2, 0) is 14.3 Å². The molecule has 3 rings (SSSR count). The third kappa shape index (κ3) is 4.11. The fourth-order valence-electron chi connectivity index (χ4n) is 6.82. The molecule has 0 radical (unpaired) electrons. The van der Waals surface area contributed by atoms with Crippen LogP contribution >= 0.6 is 0 Å². The number of hydrogen-bond acceptors (Lipinski definition) is 4. The minimum atomic E-state index is -1.89. The van der Waals surface area contributed by atoms with E-state index in [0.717, 1.165) is 5.57 Å². The van der Waals surface area contributed by atoms with E-state index in [4.69, 9.17) is 4.74 Å². The minimum absolute atomic E-state index is 0.0695. The van der Waals surface area contributed by atoms with Crippen molar-refractivity contribution in [3.05, 3.63) is 97.3 Å². The molecule has 4 nitrogen and oxygen atoms in total. The molecule has 4 heteroatoms. The molecule has 2 aliphatic carbocycles. The van der Waals surface area contributed by atoms with Gasteiger partial charge in [0, 0.05) is 11.1 Å². The Hall–Kier alpha value is -3.27. The van der Waals surface area contributed by atoms with Gasteiger partial charge in [-0.2, -0.15) is 0 Å². The molecule has 196 valence electrons. The number of ether oxygens (including phenoxy) is 1. The van der Waals surface area contributed by atoms with E-state index >= 15 is 4.79 Å². The molecule has 0 aliphatic heterocycles. The number of allylic oxidation sites excluding steroid dienone is 6. The van der Waals surface area contributed by atoms with E-state index in [1.54, 1.807) is 30.3 Å². The number of ketones is 3. The summed E-state index contributed by atoms with van der Waals surface area (Å²) in [5.74, 6) is -1.13. The van der Waals surface area contributed by atoms with E-state index in [9.17, 15) is 9.59 Å². The molecule has 1 saturated carbocycles. The third-order valence-electron chi connectivity index (χ3n) is 8.80. The lowest BCUT2D eigenvalue weighted by atomic mass is 9.39. The molecule has 1 aromatic carbocycles. The Morgan fingerprint density at radius 1 is 1.11 bits per heavy atom. The van der Waals surface area contributed by atoms with Gasteiger partial charge in [0.05, 0.1) is 12.5 Å². The number of rotatable bonds is 12. The fourth-order valence-corrected chi connectivity index (χ4v) is 6.82. The van der Waals surface area contributed by atoms with Crippen molar-refractivity contribution < 1.29 is 19.1 Å². The Morgan fingerprint density at radius 2 is 1.76 bits per heavy atom. The van der Waals surface area contributed by atoms with E-state index in [-0.39, 0.29) is 24.0 Å². The van der Waals surface area contributed by atoms with Crippen LogP contribution in [-0.4, -0.2) is 24.5 Å². The summed E-state index contributed by atoms with van der Waals surface area (Å²) in [6, 6.07) is 8.70. The van der Waals surface area contributed by atoms with Crippen molar-refractivity contribution in [2.24, 2.45) is 28.1 Å². The summed E-state index contributed by atoms with van der Waals surface area (Å²) in [4.78, 5) is 44.2. The minimum Gasteiger partial charge on any atom is -0.500 e. The summed E-state index contributed by atoms with van der Waals surface area (Å²) in [7, 11) is 1.51. The molecule has 0 aromatic heterocycles. The standard InChI is InChI=1S/C33H40O4/c1-9-15-24(22(4)5)20-32-21-25(16-10-2)31(6,7)33(30(32)36,27(34)23-18-13-12-14-19-23)28(35)26(17-11-3)29(32)37-8/h9-14,18-19,24-25H,1-4,15-17,20-21H2,5-8H3/t24-,25-,32+,33-/m0/s1. The molecule has 1 fully saturated rings. The average molecular weight is 501 g/mol. The average Bonchev–Trinajstić information content (AvgIpc) is 2.86. The van der Waals surface area contributed by atoms with Gasteiger partial charge < -0.3 is 4.74 Å². The van der Waals surface area contributed by atoms with Gasteiger partial charge in [-0.05, 0) is 56.3 Å². The fraction of sp³-hybridized carbons (Fsp3) is 0.424. The molecule has 1 aromatic rings. The summed E-state index contributed by atoms with van der Waals surface area (Å²) in [6.45, 7) is 21.7. The Morgan fingerprint density at radius 3 is 2.27 bits per heavy atom. The highest BCUT2D eigenvalue weighted by molar-refractivity contribution is 6.36. The van der Waals surface area contributed by atoms with Gasteiger partial charge in [0.1, 0.15) is 5.76 Å². The highest BCUT2D eigenvalue weighted by atomic mass is 16.5. The van der Waals surface area contributed by atoms with Crippen LogP contribution in [0.1, 0.15) is 63.2 Å². The largest absolute Gasteiger partial charge is 0.500 e. The van der Waals surface area contributed by atoms with E-state index < -0.39 is 27.8 Å². The molecule has 2 bridgehead atoms. The Balaban J connectivity index is 2.48. The highest BCUT2D eigenvalue weighted by Gasteiger charge is 2.75. The zero-order valence-electron chi connectivity index (χ0n) is 22.8. The maximum Gasteiger partial charge on any atom is 0.184 e. The molecule has 0 N–H and O–H groups in total. The maximum absolute atomic E-state index is 15.1. The van der Waals surface area contributed by atoms with E-state index in [2.05, 4.69) is 26.3 Å². The first-order valence-corrected chi connectivity index (χ1v) is 13.0. The number of benzene rings is 1. The number of carbonyl (C=O) groups excluding carboxylic acids is 3. The first kappa shape index (κ1) is 28.3. The molecule has 0 saturated heterocycles. The van der Waals surface area contributed by atoms with Crippen LogP contribution in [0.5, 0.6) is 0 Å². The zero-order chi connectivity index (χ0) is 27.6. The number of fused-ring (bicyclic) bond motifs is 2. The molecule has 4 atom stereocenters. The molecule has 0 spiro atoms. The quantitative estimate of drug-likeness (QED) is 0.172. The van der Waals surface area contributed by atoms with Gasteiger partial charge in [-0.15, -0.1) is 19.7 Å². The van der Waals surface area contributed by atoms with Gasteiger partial charge in [0.15, 0.2) is 22.8 Å². The van der Waals surface area contributed by atoms with Crippen LogP contribution in [0, 0.1) is 28.1 Å². The van der Waals surface area contributed by atoms with Crippen LogP contribution in [0.2, 0.25) is 0 Å². The Labute approximate surface area is 221 Å². The van der Waals surface area contributed by atoms with Gasteiger partial charge in [0.2, 0.25) is 0 Å². The Bertz CT molecular complexity index is 1170. The SMILES string of the molecule is C=CCC1=C(OC)[C@@]2(C[C@H](CC=C)C(=C)C)C[C@H](CC=C)C(C)(C)[C@@](C(=O)c3ccccc3)(C1=O)C2=O. The maximum atomic E-state index is 15.1. The van der Waals surface area contributed by atoms with Crippen LogP contribution in [0.15, 0.2) is 91.8 Å². The molecule has 37 heavy (non-hydrogen) atoms. The van der Waals surface area contributed by atoms with E-state index in [1.165, 1.54) is 7.11 Å². The number of Topliss-reactive ketones (excluding diaryl/α,β-unsaturated/α-hetero) is 3. The Kier molecular flexibility index (Phi) is 8.12. The van der Waals surface area contributed by atoms with Gasteiger partial charge in [-0.3, -0.25) is 14.4 Å². The second-order valence-electron chi connectivity index (χ2n) is 11.1. The van der Waals surface area contributed by atoms with Crippen LogP contribution in [0.3, 0.4) is 0 Å². The predicted molar refractivity (Wildman–Crippen MR) is 149 cm³/mol. The first-order chi connectivity index (χ1) is 17.5. The van der Waals surface area contributed by atoms with Gasteiger partial charge in [0.25, 0.3) is 0 Å². The van der Waals surface area contributed by atoms with E-state index in [1.807, 2.05) is 39.0 Å². The highest BCUT2D eigenvalue weighted by Crippen LogP contribution is 2.67. The number of methoxy groups -OCH3 is 1. The van der Waals surface area contributed by atoms with Crippen LogP contribution in [0.25, 0.3) is 0 Å². The molecular formula is C33H40O4. The smallest absolute Gasteiger partial charge is 0.184 e. The number of hydrogen-bond donors (Lipinski definition) is 0. The van der Waals surface area contributed by atoms with Crippen molar-refractivity contribution in [1.82, 2.24) is 0 Å². The lowest BCUT2D eigenvalue weighted by Gasteiger charge is -2.60. The van der Waals surface area contributed by atoms with Crippen molar-refractivity contribution in [2.75, 3.05) is 7.11 Å². The van der Waals surface area contributed by atoms with Crippen molar-refractivity contribution in [2.45, 2.75) is 52.9 Å². The number of carbonyl (C=O) groups is 3. The van der Waals surface area contributed by atoms with Gasteiger partial charge in [-0.25, -0.2) is 0 Å². The lowest BCUT2D eigenvalue weighted by molar-refractivity contribution is -0.167. The summed E-state index contributed by atoms with van der Waals surface area (Å²) < 4.78 is 5.97. The monoisotopic (exact) mass is 500 g/mol. The second kappa shape index (κ2) is 10.6. The van der Waals surface area contributed by atoms with Crippen LogP contribution < -0.4 is 0 Å². The summed E-state index contributed by atoms with van der Waals surface area (Å²) in [5, 5.41) is 0. The summed E-state index contributed by atoms with van der Waals surface area (Å²) in [5.41, 5.74) is -2.38. The van der Waals surface area contributed by atoms with Crippen LogP contribution in [0.4, 0.5) is 0 Å². The normalized spacial score (nSPS) is 27.3. The zero-order valence-corrected chi connectivity index (χ0v) is 22.8. The van der Waals surface area contributed by atoms with Crippen molar-refractivity contribution in [3.63, 3.8) is 0 Å². The molecule has 2 aliphatic rings. The first-order valence-electron chi connectivity index (χ1n) is 13.0. The van der Waals surface area contributed by atoms with Crippen molar-refractivity contribution in [1.29, 1.82) is 0 Å². The molecule has 0 heterocycles. The van der Waals surface area contributed by atoms with Crippen molar-refractivity contribution in [3.8, 4) is 0 Å². The summed E-state index contributed by atoms with van der Waals surface area (Å²) >= 11 is 0. The predicted octanol–water partition coefficient (Wildman–Crippen LogP) is 7.25. The summed E-state index contributed by atoms with van der Waals surface area (Å²) in [6.07, 6.45) is 7.52. The molecule has 0 amide bonds. The third-order valence-corrected chi connectivity index (χ3v) is 8.80. The van der Waals surface area contributed by atoms with Gasteiger partial charge >= 0.3 is 0 Å². The van der Waals surface area contributed by atoms with E-state index in [0.29, 0.717) is 42.6 Å². The lowest BCUT2D eigenvalue weighted by Crippen LogP contribution is -2.70. The molecular weight excluding hydrogens is 460 g/mol.